The van der Waals surface area contributed by atoms with E-state index in [1.54, 1.807) is 12.1 Å². The molecule has 0 radical (unpaired) electrons. The Morgan fingerprint density at radius 3 is 2.67 bits per heavy atom. The van der Waals surface area contributed by atoms with Crippen LogP contribution in [0.1, 0.15) is 21.2 Å². The van der Waals surface area contributed by atoms with E-state index in [-0.39, 0.29) is 23.7 Å². The highest BCUT2D eigenvalue weighted by atomic mass is 32.1. The van der Waals surface area contributed by atoms with Gasteiger partial charge in [-0.25, -0.2) is 14.2 Å². The van der Waals surface area contributed by atoms with Crippen LogP contribution < -0.4 is 5.56 Å². The SMILES string of the molecule is Cc1sc2ncn(Cc3ccc(C(=O)O)o3)c(=O)c2c1-c1ccc(F)cc1. The van der Waals surface area contributed by atoms with Crippen molar-refractivity contribution in [2.75, 3.05) is 0 Å². The minimum atomic E-state index is -1.17. The van der Waals surface area contributed by atoms with Crippen molar-refractivity contribution in [1.82, 2.24) is 9.55 Å². The van der Waals surface area contributed by atoms with Crippen molar-refractivity contribution < 1.29 is 18.7 Å². The van der Waals surface area contributed by atoms with Crippen molar-refractivity contribution in [2.45, 2.75) is 13.5 Å². The largest absolute Gasteiger partial charge is 0.475 e. The average molecular weight is 384 g/mol. The molecule has 3 heterocycles. The van der Waals surface area contributed by atoms with Crippen LogP contribution in [0.25, 0.3) is 21.3 Å². The van der Waals surface area contributed by atoms with Crippen molar-refractivity contribution in [3.8, 4) is 11.1 Å². The molecule has 6 nitrogen and oxygen atoms in total. The van der Waals surface area contributed by atoms with Crippen LogP contribution in [0, 0.1) is 12.7 Å². The summed E-state index contributed by atoms with van der Waals surface area (Å²) in [6, 6.07) is 8.82. The number of furan rings is 1. The van der Waals surface area contributed by atoms with Crippen LogP contribution in [0.2, 0.25) is 0 Å². The van der Waals surface area contributed by atoms with Gasteiger partial charge in [0.05, 0.1) is 18.3 Å². The van der Waals surface area contributed by atoms with E-state index in [4.69, 9.17) is 9.52 Å². The van der Waals surface area contributed by atoms with Gasteiger partial charge in [-0.1, -0.05) is 12.1 Å². The highest BCUT2D eigenvalue weighted by Gasteiger charge is 2.18. The summed E-state index contributed by atoms with van der Waals surface area (Å²) in [5.74, 6) is -1.37. The number of carbonyl (C=O) groups is 1. The second-order valence-corrected chi connectivity index (χ2v) is 7.17. The third kappa shape index (κ3) is 3.04. The fourth-order valence-electron chi connectivity index (χ4n) is 2.96. The molecule has 136 valence electrons. The van der Waals surface area contributed by atoms with Gasteiger partial charge in [0, 0.05) is 10.4 Å². The number of halogens is 1. The van der Waals surface area contributed by atoms with Crippen LogP contribution in [-0.2, 0) is 6.54 Å². The Balaban J connectivity index is 1.83. The predicted octanol–water partition coefficient (Wildman–Crippen LogP) is 3.91. The number of hydrogen-bond donors (Lipinski definition) is 1. The number of thiophene rings is 1. The van der Waals surface area contributed by atoms with Gasteiger partial charge >= 0.3 is 5.97 Å². The molecular weight excluding hydrogens is 371 g/mol. The van der Waals surface area contributed by atoms with Gasteiger partial charge in [0.2, 0.25) is 5.76 Å². The molecule has 8 heteroatoms. The molecule has 0 amide bonds. The Kier molecular flexibility index (Phi) is 4.12. The lowest BCUT2D eigenvalue weighted by Gasteiger charge is -2.05. The lowest BCUT2D eigenvalue weighted by molar-refractivity contribution is 0.0660. The van der Waals surface area contributed by atoms with Gasteiger partial charge in [0.1, 0.15) is 16.4 Å². The number of hydrogen-bond acceptors (Lipinski definition) is 5. The number of fused-ring (bicyclic) bond motifs is 1. The first-order valence-corrected chi connectivity index (χ1v) is 8.82. The zero-order valence-electron chi connectivity index (χ0n) is 14.1. The van der Waals surface area contributed by atoms with E-state index < -0.39 is 5.97 Å². The van der Waals surface area contributed by atoms with E-state index in [2.05, 4.69) is 4.98 Å². The Morgan fingerprint density at radius 2 is 2.00 bits per heavy atom. The normalized spacial score (nSPS) is 11.2. The first kappa shape index (κ1) is 17.2. The number of carboxylic acids is 1. The van der Waals surface area contributed by atoms with Crippen LogP contribution in [-0.4, -0.2) is 20.6 Å². The maximum Gasteiger partial charge on any atom is 0.371 e. The van der Waals surface area contributed by atoms with Crippen LogP contribution >= 0.6 is 11.3 Å². The lowest BCUT2D eigenvalue weighted by atomic mass is 10.0. The summed E-state index contributed by atoms with van der Waals surface area (Å²) in [4.78, 5) is 29.8. The monoisotopic (exact) mass is 384 g/mol. The molecule has 4 aromatic rings. The number of nitrogens with zero attached hydrogens (tertiary/aromatic N) is 2. The molecule has 0 bridgehead atoms. The fourth-order valence-corrected chi connectivity index (χ4v) is 3.96. The number of aromatic nitrogens is 2. The Hall–Kier alpha value is -3.26. The molecule has 0 saturated heterocycles. The van der Waals surface area contributed by atoms with Crippen LogP contribution in [0.15, 0.2) is 51.9 Å². The molecule has 0 atom stereocenters. The first-order chi connectivity index (χ1) is 12.9. The van der Waals surface area contributed by atoms with Gasteiger partial charge in [-0.15, -0.1) is 11.3 Å². The molecule has 0 fully saturated rings. The van der Waals surface area contributed by atoms with Crippen molar-refractivity contribution in [1.29, 1.82) is 0 Å². The van der Waals surface area contributed by atoms with E-state index in [1.807, 2.05) is 6.92 Å². The third-order valence-electron chi connectivity index (χ3n) is 4.19. The number of aryl methyl sites for hydroxylation is 1. The summed E-state index contributed by atoms with van der Waals surface area (Å²) in [7, 11) is 0. The average Bonchev–Trinajstić information content (AvgIpc) is 3.23. The molecule has 27 heavy (non-hydrogen) atoms. The molecule has 0 unspecified atom stereocenters. The van der Waals surface area contributed by atoms with Gasteiger partial charge < -0.3 is 9.52 Å². The molecule has 0 spiro atoms. The topological polar surface area (TPSA) is 85.3 Å². The van der Waals surface area contributed by atoms with E-state index in [0.29, 0.717) is 16.0 Å². The summed E-state index contributed by atoms with van der Waals surface area (Å²) >= 11 is 1.40. The zero-order valence-corrected chi connectivity index (χ0v) is 14.9. The second kappa shape index (κ2) is 6.48. The molecular formula is C19H13FN2O4S. The molecule has 1 N–H and O–H groups in total. The summed E-state index contributed by atoms with van der Waals surface area (Å²) in [5.41, 5.74) is 1.20. The van der Waals surface area contributed by atoms with E-state index in [1.165, 1.54) is 46.5 Å². The van der Waals surface area contributed by atoms with Crippen molar-refractivity contribution in [2.24, 2.45) is 0 Å². The number of benzene rings is 1. The molecule has 0 aliphatic heterocycles. The van der Waals surface area contributed by atoms with E-state index >= 15 is 0 Å². The van der Waals surface area contributed by atoms with Gasteiger partial charge in [-0.05, 0) is 36.8 Å². The second-order valence-electron chi connectivity index (χ2n) is 5.97. The highest BCUT2D eigenvalue weighted by Crippen LogP contribution is 2.35. The quantitative estimate of drug-likeness (QED) is 0.577. The van der Waals surface area contributed by atoms with E-state index in [9.17, 15) is 14.0 Å². The Morgan fingerprint density at radius 1 is 1.26 bits per heavy atom. The summed E-state index contributed by atoms with van der Waals surface area (Å²) < 4.78 is 19.8. The van der Waals surface area contributed by atoms with Gasteiger partial charge in [0.15, 0.2) is 0 Å². The van der Waals surface area contributed by atoms with Crippen molar-refractivity contribution in [3.05, 3.63) is 75.3 Å². The summed E-state index contributed by atoms with van der Waals surface area (Å²) in [6.07, 6.45) is 1.41. The third-order valence-corrected chi connectivity index (χ3v) is 5.20. The smallest absolute Gasteiger partial charge is 0.371 e. The summed E-state index contributed by atoms with van der Waals surface area (Å²) in [6.45, 7) is 1.95. The highest BCUT2D eigenvalue weighted by molar-refractivity contribution is 7.19. The molecule has 0 aliphatic rings. The van der Waals surface area contributed by atoms with Gasteiger partial charge in [-0.3, -0.25) is 9.36 Å². The number of aromatic carboxylic acids is 1. The number of carboxylic acid groups (broad SMARTS) is 1. The molecule has 1 aromatic carbocycles. The maximum absolute atomic E-state index is 13.3. The minimum Gasteiger partial charge on any atom is -0.475 e. The van der Waals surface area contributed by atoms with Crippen LogP contribution in [0.5, 0.6) is 0 Å². The zero-order chi connectivity index (χ0) is 19.1. The Bertz CT molecular complexity index is 1220. The van der Waals surface area contributed by atoms with Gasteiger partial charge in [0.25, 0.3) is 5.56 Å². The van der Waals surface area contributed by atoms with Gasteiger partial charge in [-0.2, -0.15) is 0 Å². The number of rotatable bonds is 4. The standard InChI is InChI=1S/C19H13FN2O4S/c1-10-15(11-2-4-12(20)5-3-11)16-17(27-10)21-9-22(18(16)23)8-13-6-7-14(26-13)19(24)25/h2-7,9H,8H2,1H3,(H,24,25). The van der Waals surface area contributed by atoms with E-state index in [0.717, 1.165) is 16.0 Å². The minimum absolute atomic E-state index is 0.0623. The lowest BCUT2D eigenvalue weighted by Crippen LogP contribution is -2.20. The van der Waals surface area contributed by atoms with Crippen molar-refractivity contribution >= 4 is 27.5 Å². The van der Waals surface area contributed by atoms with Crippen LogP contribution in [0.4, 0.5) is 4.39 Å². The molecule has 4 rings (SSSR count). The Labute approximate surface area is 156 Å². The van der Waals surface area contributed by atoms with Crippen LogP contribution in [0.3, 0.4) is 0 Å². The molecule has 3 aromatic heterocycles. The fraction of sp³-hybridized carbons (Fsp3) is 0.105. The summed E-state index contributed by atoms with van der Waals surface area (Å²) in [5, 5.41) is 9.40. The first-order valence-electron chi connectivity index (χ1n) is 8.00. The molecule has 0 saturated carbocycles. The van der Waals surface area contributed by atoms with Crippen molar-refractivity contribution in [3.63, 3.8) is 0 Å². The maximum atomic E-state index is 13.3. The predicted molar refractivity (Wildman–Crippen MR) is 98.8 cm³/mol. The molecule has 0 aliphatic carbocycles.